The van der Waals surface area contributed by atoms with E-state index in [-0.39, 0.29) is 12.8 Å². The highest BCUT2D eigenvalue weighted by atomic mass is 28.3. The Bertz CT molecular complexity index is 440. The summed E-state index contributed by atoms with van der Waals surface area (Å²) in [6, 6.07) is 0. The molecule has 0 N–H and O–H groups in total. The fourth-order valence-electron chi connectivity index (χ4n) is 1.98. The van der Waals surface area contributed by atoms with Crippen LogP contribution in [0.4, 0.5) is 0 Å². The number of ether oxygens (including phenoxy) is 4. The van der Waals surface area contributed by atoms with Gasteiger partial charge in [0, 0.05) is 20.6 Å². The smallest absolute Gasteiger partial charge is 0.323 e. The van der Waals surface area contributed by atoms with Crippen LogP contribution in [0.1, 0.15) is 12.8 Å². The minimum absolute atomic E-state index is 0.00945. The molecule has 0 rings (SSSR count). The first-order valence-electron chi connectivity index (χ1n) is 7.31. The molecular weight excluding hydrogens is 316 g/mol. The van der Waals surface area contributed by atoms with Crippen molar-refractivity contribution in [3.63, 3.8) is 0 Å². The Morgan fingerprint density at radius 3 is 1.87 bits per heavy atom. The van der Waals surface area contributed by atoms with E-state index in [0.717, 1.165) is 0 Å². The molecule has 0 bridgehead atoms. The number of allylic oxidation sites excluding steroid dienone is 1. The lowest BCUT2D eigenvalue weighted by molar-refractivity contribution is -0.181. The lowest BCUT2D eigenvalue weighted by Crippen LogP contribution is -2.44. The Kier molecular flexibility index (Phi) is 9.08. The summed E-state index contributed by atoms with van der Waals surface area (Å²) in [5, 5.41) is 0. The minimum atomic E-state index is -1.53. The average Bonchev–Trinajstić information content (AvgIpc) is 2.52. The van der Waals surface area contributed by atoms with Crippen molar-refractivity contribution >= 4 is 20.0 Å². The van der Waals surface area contributed by atoms with E-state index in [1.807, 2.05) is 5.70 Å². The van der Waals surface area contributed by atoms with Crippen molar-refractivity contribution in [1.82, 2.24) is 0 Å². The molecule has 0 aliphatic heterocycles. The van der Waals surface area contributed by atoms with Crippen molar-refractivity contribution in [3.05, 3.63) is 17.5 Å². The third kappa shape index (κ3) is 6.70. The first kappa shape index (κ1) is 21.6. The van der Waals surface area contributed by atoms with E-state index in [2.05, 4.69) is 25.4 Å². The maximum absolute atomic E-state index is 12.3. The molecule has 7 heteroatoms. The summed E-state index contributed by atoms with van der Waals surface area (Å²) < 4.78 is 19.9. The molecule has 0 aliphatic carbocycles. The van der Waals surface area contributed by atoms with E-state index >= 15 is 0 Å². The van der Waals surface area contributed by atoms with Gasteiger partial charge >= 0.3 is 11.9 Å². The summed E-state index contributed by atoms with van der Waals surface area (Å²) in [4.78, 5) is 24.6. The zero-order valence-corrected chi connectivity index (χ0v) is 16.1. The summed E-state index contributed by atoms with van der Waals surface area (Å²) in [6.07, 6.45) is 1.01. The van der Waals surface area contributed by atoms with E-state index in [0.29, 0.717) is 0 Å². The van der Waals surface area contributed by atoms with Crippen LogP contribution in [0.15, 0.2) is 17.5 Å². The largest absolute Gasteiger partial charge is 0.468 e. The van der Waals surface area contributed by atoms with E-state index in [9.17, 15) is 9.59 Å². The molecule has 0 fully saturated rings. The van der Waals surface area contributed by atoms with Crippen LogP contribution in [0.25, 0.3) is 0 Å². The maximum atomic E-state index is 12.3. The van der Waals surface area contributed by atoms with Crippen molar-refractivity contribution in [2.24, 2.45) is 5.41 Å². The van der Waals surface area contributed by atoms with E-state index < -0.39 is 31.7 Å². The molecule has 6 nitrogen and oxygen atoms in total. The van der Waals surface area contributed by atoms with Gasteiger partial charge in [0.25, 0.3) is 0 Å². The Hall–Kier alpha value is -1.40. The molecule has 0 saturated heterocycles. The fourth-order valence-corrected chi connectivity index (χ4v) is 2.60. The number of hydrogen-bond donors (Lipinski definition) is 0. The zero-order valence-electron chi connectivity index (χ0n) is 15.1. The third-order valence-corrected chi connectivity index (χ3v) is 4.31. The Morgan fingerprint density at radius 2 is 1.52 bits per heavy atom. The Morgan fingerprint density at radius 1 is 1.04 bits per heavy atom. The zero-order chi connectivity index (χ0) is 18.1. The lowest BCUT2D eigenvalue weighted by Gasteiger charge is -2.29. The van der Waals surface area contributed by atoms with E-state index in [1.54, 1.807) is 6.08 Å². The maximum Gasteiger partial charge on any atom is 0.323 e. The molecule has 23 heavy (non-hydrogen) atoms. The average molecular weight is 344 g/mol. The van der Waals surface area contributed by atoms with Crippen LogP contribution >= 0.6 is 0 Å². The van der Waals surface area contributed by atoms with Gasteiger partial charge in [-0.3, -0.25) is 9.59 Å². The van der Waals surface area contributed by atoms with Gasteiger partial charge in [0.15, 0.2) is 11.7 Å². The highest BCUT2D eigenvalue weighted by Gasteiger charge is 2.49. The number of carbonyl (C=O) groups excluding carboxylic acids is 2. The molecule has 0 amide bonds. The van der Waals surface area contributed by atoms with Crippen LogP contribution < -0.4 is 0 Å². The second-order valence-electron chi connectivity index (χ2n) is 6.26. The first-order valence-corrected chi connectivity index (χ1v) is 10.9. The molecule has 0 saturated carbocycles. The van der Waals surface area contributed by atoms with Gasteiger partial charge in [-0.15, -0.1) is 5.73 Å². The Labute approximate surface area is 139 Å². The summed E-state index contributed by atoms with van der Waals surface area (Å²) in [6.45, 7) is 6.48. The molecular formula is C16H28O6Si. The van der Waals surface area contributed by atoms with Crippen molar-refractivity contribution in [3.8, 4) is 0 Å². The standard InChI is InChI=1S/C16H28O6Si/c1-19-13(20-2)12-16(14(17)21-3,15(18)22-4)10-8-9-11-23(5,6)7/h8,11,13H,10,12H2,1-7H3. The highest BCUT2D eigenvalue weighted by molar-refractivity contribution is 6.80. The van der Waals surface area contributed by atoms with Gasteiger partial charge in [-0.1, -0.05) is 25.3 Å². The molecule has 0 aromatic carbocycles. The SMILES string of the molecule is COC(=O)C(CC=C=C[Si](C)(C)C)(CC(OC)OC)C(=O)OC. The van der Waals surface area contributed by atoms with Gasteiger partial charge in [0.1, 0.15) is 0 Å². The van der Waals surface area contributed by atoms with Gasteiger partial charge < -0.3 is 18.9 Å². The van der Waals surface area contributed by atoms with Gasteiger partial charge in [0.05, 0.1) is 22.3 Å². The van der Waals surface area contributed by atoms with E-state index in [1.165, 1.54) is 28.4 Å². The van der Waals surface area contributed by atoms with Crippen LogP contribution in [0.3, 0.4) is 0 Å². The molecule has 0 unspecified atom stereocenters. The first-order chi connectivity index (χ1) is 10.7. The highest BCUT2D eigenvalue weighted by Crippen LogP contribution is 2.33. The van der Waals surface area contributed by atoms with Crippen molar-refractivity contribution in [2.75, 3.05) is 28.4 Å². The number of rotatable bonds is 9. The number of hydrogen-bond acceptors (Lipinski definition) is 6. The minimum Gasteiger partial charge on any atom is -0.468 e. The Balaban J connectivity index is 5.68. The molecule has 0 aromatic heterocycles. The molecule has 0 atom stereocenters. The number of esters is 2. The van der Waals surface area contributed by atoms with Crippen LogP contribution in [-0.4, -0.2) is 54.7 Å². The van der Waals surface area contributed by atoms with Gasteiger partial charge in [0.2, 0.25) is 0 Å². The number of methoxy groups -OCH3 is 4. The predicted octanol–water partition coefficient (Wildman–Crippen LogP) is 2.31. The van der Waals surface area contributed by atoms with Crippen molar-refractivity contribution in [2.45, 2.75) is 38.8 Å². The van der Waals surface area contributed by atoms with Crippen LogP contribution in [0.2, 0.25) is 19.6 Å². The third-order valence-electron chi connectivity index (χ3n) is 3.28. The lowest BCUT2D eigenvalue weighted by atomic mass is 9.80. The second-order valence-corrected chi connectivity index (χ2v) is 11.3. The van der Waals surface area contributed by atoms with Gasteiger partial charge in [-0.2, -0.15) is 0 Å². The summed E-state index contributed by atoms with van der Waals surface area (Å²) in [7, 11) is 3.92. The van der Waals surface area contributed by atoms with Gasteiger partial charge in [-0.05, 0) is 12.5 Å². The van der Waals surface area contributed by atoms with Crippen molar-refractivity contribution < 1.29 is 28.5 Å². The normalized spacial score (nSPS) is 11.7. The molecule has 132 valence electrons. The molecule has 0 aliphatic rings. The monoisotopic (exact) mass is 344 g/mol. The van der Waals surface area contributed by atoms with Crippen LogP contribution in [0.5, 0.6) is 0 Å². The molecule has 0 heterocycles. The molecule has 0 radical (unpaired) electrons. The quantitative estimate of drug-likeness (QED) is 0.210. The van der Waals surface area contributed by atoms with Crippen molar-refractivity contribution in [1.29, 1.82) is 0 Å². The summed E-state index contributed by atoms with van der Waals surface area (Å²) >= 11 is 0. The van der Waals surface area contributed by atoms with Crippen LogP contribution in [-0.2, 0) is 28.5 Å². The van der Waals surface area contributed by atoms with E-state index in [4.69, 9.17) is 18.9 Å². The molecule has 0 spiro atoms. The predicted molar refractivity (Wildman–Crippen MR) is 89.5 cm³/mol. The topological polar surface area (TPSA) is 71.1 Å². The molecule has 0 aromatic rings. The summed E-state index contributed by atoms with van der Waals surface area (Å²) in [5.74, 6) is -1.37. The number of carbonyl (C=O) groups is 2. The van der Waals surface area contributed by atoms with Gasteiger partial charge in [-0.25, -0.2) is 0 Å². The summed E-state index contributed by atoms with van der Waals surface area (Å²) in [5.41, 5.74) is 3.53. The second kappa shape index (κ2) is 9.67. The fraction of sp³-hybridized carbons (Fsp3) is 0.688. The van der Waals surface area contributed by atoms with Crippen LogP contribution in [0, 0.1) is 5.41 Å².